The Morgan fingerprint density at radius 1 is 0.397 bits per heavy atom. The molecule has 0 bridgehead atoms. The van der Waals surface area contributed by atoms with Gasteiger partial charge in [-0.2, -0.15) is 0 Å². The van der Waals surface area contributed by atoms with Gasteiger partial charge in [-0.1, -0.05) is 262 Å². The number of rotatable bonds is 56. The van der Waals surface area contributed by atoms with Crippen molar-refractivity contribution < 1.29 is 24.5 Å². The van der Waals surface area contributed by atoms with Gasteiger partial charge in [0, 0.05) is 12.8 Å². The lowest BCUT2D eigenvalue weighted by atomic mass is 10.0. The van der Waals surface area contributed by atoms with Crippen LogP contribution in [0.25, 0.3) is 0 Å². The maximum atomic E-state index is 12.5. The molecule has 0 spiro atoms. The second kappa shape index (κ2) is 57.7. The molecule has 0 rings (SSSR count). The van der Waals surface area contributed by atoms with E-state index in [4.69, 9.17) is 4.74 Å². The summed E-state index contributed by atoms with van der Waals surface area (Å²) in [5.74, 6) is -0.0906. The third-order valence-electron chi connectivity index (χ3n) is 13.9. The lowest BCUT2D eigenvalue weighted by Crippen LogP contribution is -2.45. The Morgan fingerprint density at radius 3 is 1.04 bits per heavy atom. The molecule has 0 saturated carbocycles. The zero-order valence-electron chi connectivity index (χ0n) is 45.6. The fourth-order valence-electron chi connectivity index (χ4n) is 9.21. The predicted molar refractivity (Wildman–Crippen MR) is 296 cm³/mol. The van der Waals surface area contributed by atoms with E-state index in [0.717, 1.165) is 64.2 Å². The number of hydrogen-bond acceptors (Lipinski definition) is 5. The summed E-state index contributed by atoms with van der Waals surface area (Å²) >= 11 is 0. The van der Waals surface area contributed by atoms with E-state index in [1.165, 1.54) is 231 Å². The van der Waals surface area contributed by atoms with Crippen molar-refractivity contribution in [3.05, 3.63) is 36.5 Å². The van der Waals surface area contributed by atoms with Crippen molar-refractivity contribution in [2.45, 2.75) is 334 Å². The number of amides is 1. The van der Waals surface area contributed by atoms with E-state index in [1.807, 2.05) is 6.08 Å². The molecule has 0 fully saturated rings. The van der Waals surface area contributed by atoms with Crippen molar-refractivity contribution in [2.75, 3.05) is 13.2 Å². The average molecular weight is 957 g/mol. The van der Waals surface area contributed by atoms with Gasteiger partial charge in [0.1, 0.15) is 0 Å². The van der Waals surface area contributed by atoms with Crippen LogP contribution >= 0.6 is 0 Å². The van der Waals surface area contributed by atoms with Gasteiger partial charge in [0.2, 0.25) is 5.91 Å². The Balaban J connectivity index is 3.49. The largest absolute Gasteiger partial charge is 0.466 e. The highest BCUT2D eigenvalue weighted by atomic mass is 16.5. The number of esters is 1. The maximum Gasteiger partial charge on any atom is 0.305 e. The molecule has 0 aromatic carbocycles. The van der Waals surface area contributed by atoms with E-state index in [2.05, 4.69) is 43.5 Å². The van der Waals surface area contributed by atoms with Crippen LogP contribution in [0.3, 0.4) is 0 Å². The summed E-state index contributed by atoms with van der Waals surface area (Å²) in [6, 6.07) is -0.641. The lowest BCUT2D eigenvalue weighted by molar-refractivity contribution is -0.143. The molecule has 6 heteroatoms. The van der Waals surface area contributed by atoms with Gasteiger partial charge in [-0.15, -0.1) is 0 Å². The van der Waals surface area contributed by atoms with Gasteiger partial charge in [0.15, 0.2) is 0 Å². The SMILES string of the molecule is CCCCCCCC/C=C\CCCCCCCCCC(=O)OCCCCCCCCC/C=C\CCCCCCCC(=O)NC(CO)C(O)/C=C/CCCCCCCCCCCCCCCCCC. The molecule has 0 radical (unpaired) electrons. The maximum absolute atomic E-state index is 12.5. The number of unbranched alkanes of at least 4 members (excludes halogenated alkanes) is 41. The molecule has 68 heavy (non-hydrogen) atoms. The first-order chi connectivity index (χ1) is 33.5. The predicted octanol–water partition coefficient (Wildman–Crippen LogP) is 18.8. The van der Waals surface area contributed by atoms with Crippen LogP contribution < -0.4 is 5.32 Å². The highest BCUT2D eigenvalue weighted by Crippen LogP contribution is 2.16. The highest BCUT2D eigenvalue weighted by molar-refractivity contribution is 5.76. The molecule has 0 aliphatic heterocycles. The summed E-state index contributed by atoms with van der Waals surface area (Å²) in [4.78, 5) is 24.5. The third-order valence-corrected chi connectivity index (χ3v) is 13.9. The molecular weight excluding hydrogens is 839 g/mol. The number of allylic oxidation sites excluding steroid dienone is 5. The standard InChI is InChI=1S/C62H117NO5/c1-3-5-7-9-11-13-15-17-19-21-23-26-30-34-38-42-46-50-54-60(65)59(58-64)63-61(66)55-51-47-43-39-35-31-27-24-25-29-33-37-41-45-49-53-57-68-62(67)56-52-48-44-40-36-32-28-22-20-18-16-14-12-10-8-6-4-2/h18,20,24,27,50,54,59-60,64-65H,3-17,19,21-23,25-26,28-49,51-53,55-58H2,1-2H3,(H,63,66)/b20-18-,27-24-,54-50+. The number of hydrogen-bond donors (Lipinski definition) is 3. The average Bonchev–Trinajstić information content (AvgIpc) is 3.34. The van der Waals surface area contributed by atoms with Crippen molar-refractivity contribution in [3.8, 4) is 0 Å². The fraction of sp³-hybridized carbons (Fsp3) is 0.871. The van der Waals surface area contributed by atoms with Crippen LogP contribution in [-0.4, -0.2) is 47.4 Å². The quantitative estimate of drug-likeness (QED) is 0.0321. The van der Waals surface area contributed by atoms with Crippen LogP contribution in [0.1, 0.15) is 322 Å². The number of ether oxygens (including phenoxy) is 1. The van der Waals surface area contributed by atoms with Crippen LogP contribution in [0.4, 0.5) is 0 Å². The minimum Gasteiger partial charge on any atom is -0.466 e. The molecule has 0 aromatic heterocycles. The van der Waals surface area contributed by atoms with Gasteiger partial charge in [-0.3, -0.25) is 9.59 Å². The Kier molecular flexibility index (Phi) is 56.0. The van der Waals surface area contributed by atoms with Crippen LogP contribution in [0.5, 0.6) is 0 Å². The summed E-state index contributed by atoms with van der Waals surface area (Å²) in [5.41, 5.74) is 0. The molecule has 0 aromatic rings. The summed E-state index contributed by atoms with van der Waals surface area (Å²) < 4.78 is 5.48. The van der Waals surface area contributed by atoms with Crippen LogP contribution in [-0.2, 0) is 14.3 Å². The molecule has 0 heterocycles. The van der Waals surface area contributed by atoms with Crippen molar-refractivity contribution in [1.29, 1.82) is 0 Å². The number of aliphatic hydroxyl groups excluding tert-OH is 2. The van der Waals surface area contributed by atoms with Crippen molar-refractivity contribution in [3.63, 3.8) is 0 Å². The topological polar surface area (TPSA) is 95.9 Å². The van der Waals surface area contributed by atoms with E-state index in [-0.39, 0.29) is 18.5 Å². The third kappa shape index (κ3) is 53.4. The molecule has 2 unspecified atom stereocenters. The van der Waals surface area contributed by atoms with E-state index in [0.29, 0.717) is 19.4 Å². The van der Waals surface area contributed by atoms with E-state index in [9.17, 15) is 19.8 Å². The van der Waals surface area contributed by atoms with Gasteiger partial charge in [0.05, 0.1) is 25.4 Å². The van der Waals surface area contributed by atoms with Crippen LogP contribution in [0, 0.1) is 0 Å². The Morgan fingerprint density at radius 2 is 0.691 bits per heavy atom. The number of nitrogens with one attached hydrogen (secondary N) is 1. The molecule has 2 atom stereocenters. The van der Waals surface area contributed by atoms with Crippen LogP contribution in [0.15, 0.2) is 36.5 Å². The smallest absolute Gasteiger partial charge is 0.305 e. The number of carbonyl (C=O) groups is 2. The van der Waals surface area contributed by atoms with Gasteiger partial charge in [0.25, 0.3) is 0 Å². The monoisotopic (exact) mass is 956 g/mol. The van der Waals surface area contributed by atoms with E-state index >= 15 is 0 Å². The summed E-state index contributed by atoms with van der Waals surface area (Å²) in [6.07, 6.45) is 71.7. The number of aliphatic hydroxyl groups is 2. The minimum absolute atomic E-state index is 0.00708. The van der Waals surface area contributed by atoms with Gasteiger partial charge in [-0.25, -0.2) is 0 Å². The Bertz CT molecular complexity index is 1100. The van der Waals surface area contributed by atoms with E-state index in [1.54, 1.807) is 6.08 Å². The molecular formula is C62H117NO5. The molecule has 0 aliphatic rings. The molecule has 400 valence electrons. The molecule has 6 nitrogen and oxygen atoms in total. The number of carbonyl (C=O) groups excluding carboxylic acids is 2. The normalized spacial score (nSPS) is 12.8. The van der Waals surface area contributed by atoms with Crippen molar-refractivity contribution in [1.82, 2.24) is 5.32 Å². The lowest BCUT2D eigenvalue weighted by Gasteiger charge is -2.20. The second-order valence-electron chi connectivity index (χ2n) is 20.7. The zero-order valence-corrected chi connectivity index (χ0v) is 45.6. The fourth-order valence-corrected chi connectivity index (χ4v) is 9.21. The Hall–Kier alpha value is -1.92. The van der Waals surface area contributed by atoms with Gasteiger partial charge >= 0.3 is 5.97 Å². The molecule has 0 aliphatic carbocycles. The summed E-state index contributed by atoms with van der Waals surface area (Å²) in [5, 5.41) is 23.1. The Labute approximate surface area is 424 Å². The minimum atomic E-state index is -0.856. The first-order valence-corrected chi connectivity index (χ1v) is 30.3. The molecule has 3 N–H and O–H groups in total. The first-order valence-electron chi connectivity index (χ1n) is 30.3. The van der Waals surface area contributed by atoms with Crippen molar-refractivity contribution in [2.24, 2.45) is 0 Å². The molecule has 0 saturated heterocycles. The second-order valence-corrected chi connectivity index (χ2v) is 20.7. The summed E-state index contributed by atoms with van der Waals surface area (Å²) in [6.45, 7) is 4.89. The zero-order chi connectivity index (χ0) is 49.3. The highest BCUT2D eigenvalue weighted by Gasteiger charge is 2.18. The summed E-state index contributed by atoms with van der Waals surface area (Å²) in [7, 11) is 0. The first kappa shape index (κ1) is 66.1. The molecule has 1 amide bonds. The van der Waals surface area contributed by atoms with E-state index < -0.39 is 12.1 Å². The van der Waals surface area contributed by atoms with Gasteiger partial charge < -0.3 is 20.3 Å². The van der Waals surface area contributed by atoms with Crippen molar-refractivity contribution >= 4 is 11.9 Å². The van der Waals surface area contributed by atoms with Gasteiger partial charge in [-0.05, 0) is 83.5 Å². The van der Waals surface area contributed by atoms with Crippen LogP contribution in [0.2, 0.25) is 0 Å².